The number of hydrogen-bond acceptors (Lipinski definition) is 7. The van der Waals surface area contributed by atoms with Crippen molar-refractivity contribution < 1.29 is 9.53 Å². The molecule has 9 nitrogen and oxygen atoms in total. The largest absolute Gasteiger partial charge is 0.462 e. The Morgan fingerprint density at radius 2 is 1.83 bits per heavy atom. The number of aryl methyl sites for hydroxylation is 1. The molecule has 0 atom stereocenters. The van der Waals surface area contributed by atoms with Gasteiger partial charge >= 0.3 is 5.97 Å². The van der Waals surface area contributed by atoms with Crippen molar-refractivity contribution in [1.82, 2.24) is 30.4 Å². The molecule has 35 heavy (non-hydrogen) atoms. The Kier molecular flexibility index (Phi) is 7.87. The van der Waals surface area contributed by atoms with E-state index in [0.29, 0.717) is 36.9 Å². The molecule has 0 aliphatic rings. The Labute approximate surface area is 205 Å². The molecule has 0 fully saturated rings. The van der Waals surface area contributed by atoms with E-state index in [9.17, 15) is 4.79 Å². The average Bonchev–Trinajstić information content (AvgIpc) is 3.58. The van der Waals surface area contributed by atoms with Gasteiger partial charge in [-0.05, 0) is 42.2 Å². The standard InChI is InChI=1S/C26H31N7O2/c1-4-7-16-32(25-23(26(34)35-6-3)18-33(5-2)29-25)17-19-12-14-20(15-13-19)21-10-8-9-11-22(21)24-27-30-31-28-24/h8-15,18H,4-7,16-17H2,1-3H3,(H,27,28,30,31). The van der Waals surface area contributed by atoms with Crippen LogP contribution < -0.4 is 4.90 Å². The molecular weight excluding hydrogens is 442 g/mol. The number of carbonyl (C=O) groups is 1. The summed E-state index contributed by atoms with van der Waals surface area (Å²) in [5.74, 6) is 0.899. The molecule has 0 unspecified atom stereocenters. The molecule has 182 valence electrons. The van der Waals surface area contributed by atoms with E-state index in [1.54, 1.807) is 10.9 Å². The second kappa shape index (κ2) is 11.4. The summed E-state index contributed by atoms with van der Waals surface area (Å²) in [5.41, 5.74) is 4.66. The number of aromatic nitrogens is 6. The molecule has 0 spiro atoms. The maximum absolute atomic E-state index is 12.6. The van der Waals surface area contributed by atoms with Crippen LogP contribution in [0.15, 0.2) is 54.7 Å². The minimum Gasteiger partial charge on any atom is -0.462 e. The Bertz CT molecular complexity index is 1230. The van der Waals surface area contributed by atoms with Crippen molar-refractivity contribution in [2.75, 3.05) is 18.1 Å². The molecule has 0 aliphatic heterocycles. The summed E-state index contributed by atoms with van der Waals surface area (Å²) in [6.07, 6.45) is 3.83. The molecule has 0 saturated carbocycles. The predicted molar refractivity (Wildman–Crippen MR) is 135 cm³/mol. The van der Waals surface area contributed by atoms with E-state index in [1.165, 1.54) is 0 Å². The Morgan fingerprint density at radius 1 is 1.06 bits per heavy atom. The number of ether oxygens (including phenoxy) is 1. The summed E-state index contributed by atoms with van der Waals surface area (Å²) in [6, 6.07) is 16.4. The van der Waals surface area contributed by atoms with Crippen LogP contribution in [0.4, 0.5) is 5.82 Å². The maximum Gasteiger partial charge on any atom is 0.343 e. The number of esters is 1. The van der Waals surface area contributed by atoms with E-state index >= 15 is 0 Å². The molecule has 0 amide bonds. The minimum absolute atomic E-state index is 0.331. The van der Waals surface area contributed by atoms with Gasteiger partial charge in [0.05, 0.1) is 6.61 Å². The van der Waals surface area contributed by atoms with Crippen LogP contribution >= 0.6 is 0 Å². The summed E-state index contributed by atoms with van der Waals surface area (Å²) in [7, 11) is 0. The van der Waals surface area contributed by atoms with Gasteiger partial charge in [-0.25, -0.2) is 4.79 Å². The monoisotopic (exact) mass is 473 g/mol. The maximum atomic E-state index is 12.6. The number of unbranched alkanes of at least 4 members (excludes halogenated alkanes) is 1. The summed E-state index contributed by atoms with van der Waals surface area (Å²) in [4.78, 5) is 14.8. The normalized spacial score (nSPS) is 10.9. The lowest BCUT2D eigenvalue weighted by Crippen LogP contribution is -2.26. The molecule has 0 saturated heterocycles. The molecule has 4 aromatic rings. The number of rotatable bonds is 11. The quantitative estimate of drug-likeness (QED) is 0.314. The summed E-state index contributed by atoms with van der Waals surface area (Å²) >= 11 is 0. The fourth-order valence-electron chi connectivity index (χ4n) is 3.98. The number of H-pyrrole nitrogens is 1. The van der Waals surface area contributed by atoms with Crippen molar-refractivity contribution in [2.45, 2.75) is 46.7 Å². The third kappa shape index (κ3) is 5.56. The van der Waals surface area contributed by atoms with Crippen LogP contribution in [0.5, 0.6) is 0 Å². The van der Waals surface area contributed by atoms with Gasteiger partial charge in [0.1, 0.15) is 5.56 Å². The van der Waals surface area contributed by atoms with Gasteiger partial charge in [-0.1, -0.05) is 61.9 Å². The summed E-state index contributed by atoms with van der Waals surface area (Å²) in [5, 5.41) is 19.2. The lowest BCUT2D eigenvalue weighted by Gasteiger charge is -2.23. The Balaban J connectivity index is 1.61. The smallest absolute Gasteiger partial charge is 0.343 e. The zero-order valence-corrected chi connectivity index (χ0v) is 20.4. The number of hydrogen-bond donors (Lipinski definition) is 1. The molecule has 9 heteroatoms. The first-order valence-corrected chi connectivity index (χ1v) is 12.1. The number of benzene rings is 2. The first-order valence-electron chi connectivity index (χ1n) is 12.1. The average molecular weight is 474 g/mol. The van der Waals surface area contributed by atoms with E-state index in [2.05, 4.69) is 62.8 Å². The van der Waals surface area contributed by atoms with Crippen molar-refractivity contribution in [3.8, 4) is 22.5 Å². The Hall–Kier alpha value is -4.01. The zero-order chi connectivity index (χ0) is 24.6. The van der Waals surface area contributed by atoms with Crippen LogP contribution in [-0.4, -0.2) is 49.5 Å². The molecule has 2 heterocycles. The van der Waals surface area contributed by atoms with Gasteiger partial charge < -0.3 is 9.64 Å². The summed E-state index contributed by atoms with van der Waals surface area (Å²) in [6.45, 7) is 8.43. The number of nitrogens with one attached hydrogen (secondary N) is 1. The van der Waals surface area contributed by atoms with Crippen molar-refractivity contribution in [1.29, 1.82) is 0 Å². The Morgan fingerprint density at radius 3 is 2.49 bits per heavy atom. The van der Waals surface area contributed by atoms with Crippen molar-refractivity contribution in [3.05, 3.63) is 65.9 Å². The number of aromatic amines is 1. The van der Waals surface area contributed by atoms with Crippen LogP contribution in [0.3, 0.4) is 0 Å². The topological polar surface area (TPSA) is 102 Å². The molecule has 0 bridgehead atoms. The minimum atomic E-state index is -0.336. The zero-order valence-electron chi connectivity index (χ0n) is 20.4. The number of tetrazole rings is 1. The van der Waals surface area contributed by atoms with Crippen molar-refractivity contribution >= 4 is 11.8 Å². The van der Waals surface area contributed by atoms with Gasteiger partial charge in [0.15, 0.2) is 5.82 Å². The van der Waals surface area contributed by atoms with Crippen LogP contribution in [0.1, 0.15) is 49.5 Å². The molecule has 4 rings (SSSR count). The fraction of sp³-hybridized carbons (Fsp3) is 0.346. The first kappa shape index (κ1) is 24.1. The van der Waals surface area contributed by atoms with E-state index in [-0.39, 0.29) is 5.97 Å². The van der Waals surface area contributed by atoms with E-state index in [4.69, 9.17) is 9.84 Å². The fourth-order valence-corrected chi connectivity index (χ4v) is 3.98. The van der Waals surface area contributed by atoms with Gasteiger partial charge in [-0.3, -0.25) is 4.68 Å². The highest BCUT2D eigenvalue weighted by Crippen LogP contribution is 2.30. The second-order valence-corrected chi connectivity index (χ2v) is 8.20. The third-order valence-corrected chi connectivity index (χ3v) is 5.79. The lowest BCUT2D eigenvalue weighted by atomic mass is 9.98. The van der Waals surface area contributed by atoms with Gasteiger partial charge in [-0.2, -0.15) is 10.3 Å². The number of anilines is 1. The van der Waals surface area contributed by atoms with Crippen LogP contribution in [0.2, 0.25) is 0 Å². The molecule has 2 aromatic carbocycles. The highest BCUT2D eigenvalue weighted by molar-refractivity contribution is 5.94. The molecule has 2 aromatic heterocycles. The van der Waals surface area contributed by atoms with Crippen molar-refractivity contribution in [2.24, 2.45) is 0 Å². The summed E-state index contributed by atoms with van der Waals surface area (Å²) < 4.78 is 7.09. The predicted octanol–water partition coefficient (Wildman–Crippen LogP) is 4.73. The van der Waals surface area contributed by atoms with E-state index in [1.807, 2.05) is 32.0 Å². The number of carbonyl (C=O) groups excluding carboxylic acids is 1. The molecule has 0 aliphatic carbocycles. The number of nitrogens with zero attached hydrogens (tertiary/aromatic N) is 6. The molecule has 1 N–H and O–H groups in total. The second-order valence-electron chi connectivity index (χ2n) is 8.20. The van der Waals surface area contributed by atoms with Gasteiger partial charge in [-0.15, -0.1) is 10.2 Å². The molecular formula is C26H31N7O2. The highest BCUT2D eigenvalue weighted by atomic mass is 16.5. The van der Waals surface area contributed by atoms with Crippen LogP contribution in [-0.2, 0) is 17.8 Å². The molecule has 0 radical (unpaired) electrons. The van der Waals surface area contributed by atoms with Gasteiger partial charge in [0.2, 0.25) is 5.82 Å². The lowest BCUT2D eigenvalue weighted by molar-refractivity contribution is 0.0527. The highest BCUT2D eigenvalue weighted by Gasteiger charge is 2.22. The SMILES string of the molecule is CCCCN(Cc1ccc(-c2ccccc2-c2nn[nH]n2)cc1)c1nn(CC)cc1C(=O)OCC. The van der Waals surface area contributed by atoms with Crippen LogP contribution in [0.25, 0.3) is 22.5 Å². The van der Waals surface area contributed by atoms with E-state index in [0.717, 1.165) is 41.6 Å². The van der Waals surface area contributed by atoms with Gasteiger partial charge in [0, 0.05) is 31.4 Å². The van der Waals surface area contributed by atoms with E-state index < -0.39 is 0 Å². The first-order chi connectivity index (χ1) is 17.1. The third-order valence-electron chi connectivity index (χ3n) is 5.79. The van der Waals surface area contributed by atoms with Crippen LogP contribution in [0, 0.1) is 0 Å². The van der Waals surface area contributed by atoms with Gasteiger partial charge in [0.25, 0.3) is 0 Å². The van der Waals surface area contributed by atoms with Crippen molar-refractivity contribution in [3.63, 3.8) is 0 Å².